The minimum absolute atomic E-state index is 0.0000710. The Bertz CT molecular complexity index is 1100. The molecule has 2 aromatic carbocycles. The average Bonchev–Trinajstić information content (AvgIpc) is 3.04. The monoisotopic (exact) mass is 418 g/mol. The zero-order valence-corrected chi connectivity index (χ0v) is 17.9. The molecule has 160 valence electrons. The highest BCUT2D eigenvalue weighted by Crippen LogP contribution is 2.17. The first-order valence-corrected chi connectivity index (χ1v) is 10.5. The van der Waals surface area contributed by atoms with E-state index in [1.807, 2.05) is 50.2 Å². The van der Waals surface area contributed by atoms with Gasteiger partial charge in [0, 0.05) is 31.7 Å². The number of hydrogen-bond acceptors (Lipinski definition) is 5. The Morgan fingerprint density at radius 2 is 1.55 bits per heavy atom. The van der Waals surface area contributed by atoms with Crippen LogP contribution in [-0.4, -0.2) is 64.4 Å². The van der Waals surface area contributed by atoms with Crippen LogP contribution < -0.4 is 4.74 Å². The van der Waals surface area contributed by atoms with E-state index in [2.05, 4.69) is 9.97 Å². The van der Waals surface area contributed by atoms with Gasteiger partial charge in [0.1, 0.15) is 5.75 Å². The van der Waals surface area contributed by atoms with Crippen LogP contribution in [0.4, 0.5) is 0 Å². The number of ether oxygens (including phenoxy) is 1. The third kappa shape index (κ3) is 4.82. The molecule has 1 aromatic heterocycles. The first-order chi connectivity index (χ1) is 15.0. The van der Waals surface area contributed by atoms with E-state index in [-0.39, 0.29) is 18.4 Å². The lowest BCUT2D eigenvalue weighted by atomic mass is 10.1. The molecule has 2 amide bonds. The molecular weight excluding hydrogens is 392 g/mol. The second-order valence-corrected chi connectivity index (χ2v) is 7.73. The maximum absolute atomic E-state index is 13.1. The number of amides is 2. The molecule has 3 aromatic rings. The highest BCUT2D eigenvalue weighted by atomic mass is 16.5. The summed E-state index contributed by atoms with van der Waals surface area (Å²) in [7, 11) is 0. The third-order valence-electron chi connectivity index (χ3n) is 5.56. The van der Waals surface area contributed by atoms with E-state index in [0.717, 1.165) is 28.8 Å². The SMILES string of the molecule is Cc1nc2ccc(C(=O)N3CCCN(C(=O)COc4ccccc4)CC3)cc2nc1C. The van der Waals surface area contributed by atoms with Crippen molar-refractivity contribution in [2.24, 2.45) is 0 Å². The van der Waals surface area contributed by atoms with Gasteiger partial charge in [0.2, 0.25) is 0 Å². The Morgan fingerprint density at radius 1 is 0.871 bits per heavy atom. The number of carbonyl (C=O) groups excluding carboxylic acids is 2. The first kappa shape index (κ1) is 20.8. The summed E-state index contributed by atoms with van der Waals surface area (Å²) in [5.41, 5.74) is 3.85. The van der Waals surface area contributed by atoms with Gasteiger partial charge in [-0.05, 0) is 50.6 Å². The molecule has 0 radical (unpaired) electrons. The molecule has 2 heterocycles. The molecule has 1 fully saturated rings. The molecule has 1 aliphatic heterocycles. The highest BCUT2D eigenvalue weighted by Gasteiger charge is 2.23. The van der Waals surface area contributed by atoms with Crippen molar-refractivity contribution in [1.82, 2.24) is 19.8 Å². The van der Waals surface area contributed by atoms with Gasteiger partial charge in [0.25, 0.3) is 11.8 Å². The summed E-state index contributed by atoms with van der Waals surface area (Å²) in [6, 6.07) is 14.7. The minimum atomic E-state index is -0.0648. The summed E-state index contributed by atoms with van der Waals surface area (Å²) in [6.07, 6.45) is 0.731. The maximum atomic E-state index is 13.1. The second-order valence-electron chi connectivity index (χ2n) is 7.73. The standard InChI is InChI=1S/C24H26N4O3/c1-17-18(2)26-22-15-19(9-10-21(22)25-17)24(30)28-12-6-11-27(13-14-28)23(29)16-31-20-7-4-3-5-8-20/h3-5,7-10,15H,6,11-14,16H2,1-2H3. The van der Waals surface area contributed by atoms with Crippen molar-refractivity contribution in [3.8, 4) is 5.75 Å². The van der Waals surface area contributed by atoms with Gasteiger partial charge < -0.3 is 14.5 Å². The highest BCUT2D eigenvalue weighted by molar-refractivity contribution is 5.97. The second kappa shape index (κ2) is 9.12. The molecule has 0 N–H and O–H groups in total. The van der Waals surface area contributed by atoms with Crippen LogP contribution >= 0.6 is 0 Å². The fourth-order valence-corrected chi connectivity index (χ4v) is 3.67. The van der Waals surface area contributed by atoms with Crippen molar-refractivity contribution in [2.45, 2.75) is 20.3 Å². The number of nitrogens with zero attached hydrogens (tertiary/aromatic N) is 4. The number of hydrogen-bond donors (Lipinski definition) is 0. The van der Waals surface area contributed by atoms with Crippen LogP contribution in [-0.2, 0) is 4.79 Å². The molecule has 0 saturated carbocycles. The number of aromatic nitrogens is 2. The molecular formula is C24H26N4O3. The molecule has 7 heteroatoms. The fraction of sp³-hybridized carbons (Fsp3) is 0.333. The van der Waals surface area contributed by atoms with E-state index in [1.165, 1.54) is 0 Å². The molecule has 4 rings (SSSR count). The molecule has 7 nitrogen and oxygen atoms in total. The van der Waals surface area contributed by atoms with Gasteiger partial charge in [-0.2, -0.15) is 0 Å². The zero-order valence-electron chi connectivity index (χ0n) is 17.9. The Morgan fingerprint density at radius 3 is 2.32 bits per heavy atom. The molecule has 31 heavy (non-hydrogen) atoms. The molecule has 0 atom stereocenters. The van der Waals surface area contributed by atoms with Crippen LogP contribution in [0.1, 0.15) is 28.2 Å². The number of carbonyl (C=O) groups is 2. The summed E-state index contributed by atoms with van der Waals surface area (Å²) >= 11 is 0. The predicted molar refractivity (Wildman–Crippen MR) is 118 cm³/mol. The Hall–Kier alpha value is -3.48. The van der Waals surface area contributed by atoms with E-state index < -0.39 is 0 Å². The van der Waals surface area contributed by atoms with Crippen molar-refractivity contribution in [2.75, 3.05) is 32.8 Å². The largest absolute Gasteiger partial charge is 0.484 e. The minimum Gasteiger partial charge on any atom is -0.484 e. The Labute approximate surface area is 181 Å². The van der Waals surface area contributed by atoms with Crippen molar-refractivity contribution in [3.63, 3.8) is 0 Å². The van der Waals surface area contributed by atoms with Crippen LogP contribution in [0.25, 0.3) is 11.0 Å². The van der Waals surface area contributed by atoms with Gasteiger partial charge in [0.15, 0.2) is 6.61 Å². The molecule has 0 bridgehead atoms. The van der Waals surface area contributed by atoms with Gasteiger partial charge >= 0.3 is 0 Å². The third-order valence-corrected chi connectivity index (χ3v) is 5.56. The van der Waals surface area contributed by atoms with E-state index >= 15 is 0 Å². The van der Waals surface area contributed by atoms with Gasteiger partial charge in [-0.1, -0.05) is 18.2 Å². The number of fused-ring (bicyclic) bond motifs is 1. The maximum Gasteiger partial charge on any atom is 0.260 e. The van der Waals surface area contributed by atoms with E-state index in [4.69, 9.17) is 4.74 Å². The Kier molecular flexibility index (Phi) is 6.11. The summed E-state index contributed by atoms with van der Waals surface area (Å²) in [5.74, 6) is 0.564. The molecule has 1 saturated heterocycles. The summed E-state index contributed by atoms with van der Waals surface area (Å²) in [5, 5.41) is 0. The number of aryl methyl sites for hydroxylation is 2. The van der Waals surface area contributed by atoms with E-state index in [1.54, 1.807) is 21.9 Å². The van der Waals surface area contributed by atoms with Crippen LogP contribution in [0.3, 0.4) is 0 Å². The number of para-hydroxylation sites is 1. The first-order valence-electron chi connectivity index (χ1n) is 10.5. The van der Waals surface area contributed by atoms with Gasteiger partial charge in [-0.25, -0.2) is 9.97 Å². The van der Waals surface area contributed by atoms with Gasteiger partial charge in [-0.3, -0.25) is 9.59 Å². The van der Waals surface area contributed by atoms with Crippen molar-refractivity contribution in [3.05, 3.63) is 65.5 Å². The smallest absolute Gasteiger partial charge is 0.260 e. The van der Waals surface area contributed by atoms with Crippen LogP contribution in [0.2, 0.25) is 0 Å². The molecule has 1 aliphatic rings. The van der Waals surface area contributed by atoms with Crippen molar-refractivity contribution >= 4 is 22.8 Å². The summed E-state index contributed by atoms with van der Waals surface area (Å²) in [6.45, 7) is 6.05. The zero-order chi connectivity index (χ0) is 21.8. The van der Waals surface area contributed by atoms with Gasteiger partial charge in [0.05, 0.1) is 22.4 Å². The molecule has 0 unspecified atom stereocenters. The van der Waals surface area contributed by atoms with Crippen LogP contribution in [0, 0.1) is 13.8 Å². The lowest BCUT2D eigenvalue weighted by Crippen LogP contribution is -2.39. The topological polar surface area (TPSA) is 75.6 Å². The van der Waals surface area contributed by atoms with Crippen molar-refractivity contribution in [1.29, 1.82) is 0 Å². The van der Waals surface area contributed by atoms with Crippen LogP contribution in [0.15, 0.2) is 48.5 Å². The van der Waals surface area contributed by atoms with Crippen LogP contribution in [0.5, 0.6) is 5.75 Å². The lowest BCUT2D eigenvalue weighted by molar-refractivity contribution is -0.133. The fourth-order valence-electron chi connectivity index (χ4n) is 3.67. The van der Waals surface area contributed by atoms with Gasteiger partial charge in [-0.15, -0.1) is 0 Å². The molecule has 0 spiro atoms. The predicted octanol–water partition coefficient (Wildman–Crippen LogP) is 3.00. The van der Waals surface area contributed by atoms with E-state index in [9.17, 15) is 9.59 Å². The number of benzene rings is 2. The number of rotatable bonds is 4. The average molecular weight is 418 g/mol. The summed E-state index contributed by atoms with van der Waals surface area (Å²) < 4.78 is 5.58. The van der Waals surface area contributed by atoms with Crippen molar-refractivity contribution < 1.29 is 14.3 Å². The molecule has 0 aliphatic carbocycles. The Balaban J connectivity index is 1.39. The lowest BCUT2D eigenvalue weighted by Gasteiger charge is -2.22. The normalized spacial score (nSPS) is 14.4. The van der Waals surface area contributed by atoms with E-state index in [0.29, 0.717) is 37.5 Å². The summed E-state index contributed by atoms with van der Waals surface area (Å²) in [4.78, 5) is 38.3. The quantitative estimate of drug-likeness (QED) is 0.651.